The number of nitrogens with one attached hydrogen (secondary N) is 1. The van der Waals surface area contributed by atoms with Gasteiger partial charge >= 0.3 is 6.18 Å². The van der Waals surface area contributed by atoms with Gasteiger partial charge in [-0.05, 0) is 30.5 Å². The first-order valence-electron chi connectivity index (χ1n) is 8.75. The minimum absolute atomic E-state index is 0.0505. The van der Waals surface area contributed by atoms with E-state index in [0.717, 1.165) is 24.6 Å². The molecule has 2 aromatic heterocycles. The van der Waals surface area contributed by atoms with Gasteiger partial charge < -0.3 is 9.72 Å². The Morgan fingerprint density at radius 3 is 2.75 bits per heavy atom. The van der Waals surface area contributed by atoms with Gasteiger partial charge in [0.05, 0.1) is 22.9 Å². The molecular weight excluding hydrogens is 395 g/mol. The van der Waals surface area contributed by atoms with Gasteiger partial charge in [0.1, 0.15) is 5.65 Å². The van der Waals surface area contributed by atoms with Gasteiger partial charge in [-0.2, -0.15) is 22.8 Å². The molecule has 0 saturated heterocycles. The molecule has 4 rings (SSSR count). The van der Waals surface area contributed by atoms with Crippen molar-refractivity contribution in [3.8, 4) is 0 Å². The molecule has 28 heavy (non-hydrogen) atoms. The summed E-state index contributed by atoms with van der Waals surface area (Å²) in [6.45, 7) is 0. The lowest BCUT2D eigenvalue weighted by molar-refractivity contribution is -0.137. The van der Waals surface area contributed by atoms with Crippen LogP contribution in [0.25, 0.3) is 5.65 Å². The van der Waals surface area contributed by atoms with Crippen LogP contribution in [0.1, 0.15) is 41.1 Å². The molecule has 0 spiro atoms. The molecule has 0 amide bonds. The van der Waals surface area contributed by atoms with E-state index >= 15 is 0 Å². The van der Waals surface area contributed by atoms with E-state index in [1.165, 1.54) is 22.8 Å². The first-order chi connectivity index (χ1) is 13.3. The van der Waals surface area contributed by atoms with Crippen LogP contribution in [-0.2, 0) is 17.3 Å². The molecule has 1 aromatic carbocycles. The lowest BCUT2D eigenvalue weighted by atomic mass is 9.78. The highest BCUT2D eigenvalue weighted by atomic mass is 35.5. The van der Waals surface area contributed by atoms with Crippen LogP contribution in [0.15, 0.2) is 35.3 Å². The summed E-state index contributed by atoms with van der Waals surface area (Å²) < 4.78 is 46.1. The Kier molecular flexibility index (Phi) is 4.71. The largest absolute Gasteiger partial charge is 0.417 e. The third kappa shape index (κ3) is 3.31. The highest BCUT2D eigenvalue weighted by molar-refractivity contribution is 6.31. The van der Waals surface area contributed by atoms with Gasteiger partial charge in [-0.25, -0.2) is 0 Å². The second kappa shape index (κ2) is 6.93. The number of rotatable bonds is 4. The minimum Gasteiger partial charge on any atom is -0.381 e. The maximum absolute atomic E-state index is 13.2. The Labute approximate surface area is 163 Å². The number of methoxy groups -OCH3 is 1. The molecule has 0 radical (unpaired) electrons. The van der Waals surface area contributed by atoms with Crippen molar-refractivity contribution in [1.29, 1.82) is 0 Å². The third-order valence-electron chi connectivity index (χ3n) is 5.23. The number of alkyl halides is 3. The number of aromatic nitrogens is 3. The van der Waals surface area contributed by atoms with Crippen LogP contribution in [0.3, 0.4) is 0 Å². The number of hydrogen-bond donors (Lipinski definition) is 1. The molecule has 2 heterocycles. The standard InChI is InChI=1S/C19H17ClF3N3O2/c1-28-12-8-11(9-12)17-13(18(27)26-16(25-17)4-5-24-26)6-10-2-3-15(20)14(7-10)19(21,22)23/h2-5,7,11-12,25H,6,8-9H2,1H3. The van der Waals surface area contributed by atoms with Crippen molar-refractivity contribution >= 4 is 17.2 Å². The van der Waals surface area contributed by atoms with Crippen LogP contribution in [-0.4, -0.2) is 27.8 Å². The summed E-state index contributed by atoms with van der Waals surface area (Å²) in [5, 5.41) is 3.65. The van der Waals surface area contributed by atoms with E-state index in [9.17, 15) is 18.0 Å². The van der Waals surface area contributed by atoms with Gasteiger partial charge in [-0.3, -0.25) is 4.79 Å². The Morgan fingerprint density at radius 1 is 1.32 bits per heavy atom. The van der Waals surface area contributed by atoms with Crippen LogP contribution >= 0.6 is 11.6 Å². The van der Waals surface area contributed by atoms with Crippen LogP contribution in [0, 0.1) is 0 Å². The molecule has 0 bridgehead atoms. The van der Waals surface area contributed by atoms with Gasteiger partial charge in [0, 0.05) is 36.8 Å². The third-order valence-corrected chi connectivity index (χ3v) is 5.56. The van der Waals surface area contributed by atoms with Crippen molar-refractivity contribution in [1.82, 2.24) is 14.6 Å². The topological polar surface area (TPSA) is 59.4 Å². The quantitative estimate of drug-likeness (QED) is 0.700. The number of fused-ring (bicyclic) bond motifs is 1. The van der Waals surface area contributed by atoms with Crippen molar-refractivity contribution in [2.45, 2.75) is 37.5 Å². The zero-order chi connectivity index (χ0) is 20.1. The van der Waals surface area contributed by atoms with Crippen LogP contribution in [0.5, 0.6) is 0 Å². The van der Waals surface area contributed by atoms with E-state index in [1.54, 1.807) is 13.2 Å². The van der Waals surface area contributed by atoms with Gasteiger partial charge in [0.2, 0.25) is 0 Å². The monoisotopic (exact) mass is 411 g/mol. The molecule has 1 aliphatic carbocycles. The van der Waals surface area contributed by atoms with Crippen molar-refractivity contribution in [2.24, 2.45) is 0 Å². The summed E-state index contributed by atoms with van der Waals surface area (Å²) in [5.41, 5.74) is 0.807. The van der Waals surface area contributed by atoms with Crippen molar-refractivity contribution in [3.63, 3.8) is 0 Å². The number of hydrogen-bond acceptors (Lipinski definition) is 3. The molecule has 0 unspecified atom stereocenters. The average Bonchev–Trinajstić information content (AvgIpc) is 3.06. The zero-order valence-corrected chi connectivity index (χ0v) is 15.6. The van der Waals surface area contributed by atoms with Crippen LogP contribution < -0.4 is 5.56 Å². The molecule has 1 aliphatic rings. The average molecular weight is 412 g/mol. The molecule has 3 aromatic rings. The summed E-state index contributed by atoms with van der Waals surface area (Å²) in [6.07, 6.45) is -1.39. The van der Waals surface area contributed by atoms with E-state index in [2.05, 4.69) is 10.1 Å². The summed E-state index contributed by atoms with van der Waals surface area (Å²) in [7, 11) is 1.64. The molecule has 148 valence electrons. The first-order valence-corrected chi connectivity index (χ1v) is 9.13. The maximum atomic E-state index is 13.2. The van der Waals surface area contributed by atoms with E-state index in [1.807, 2.05) is 0 Å². The molecule has 0 atom stereocenters. The lowest BCUT2D eigenvalue weighted by Crippen LogP contribution is -2.33. The Balaban J connectivity index is 1.78. The van der Waals surface area contributed by atoms with E-state index < -0.39 is 11.7 Å². The highest BCUT2D eigenvalue weighted by Gasteiger charge is 2.35. The summed E-state index contributed by atoms with van der Waals surface area (Å²) >= 11 is 5.71. The molecule has 1 N–H and O–H groups in total. The highest BCUT2D eigenvalue weighted by Crippen LogP contribution is 2.39. The van der Waals surface area contributed by atoms with E-state index in [4.69, 9.17) is 16.3 Å². The molecule has 9 heteroatoms. The van der Waals surface area contributed by atoms with Crippen molar-refractivity contribution in [2.75, 3.05) is 7.11 Å². The molecule has 0 aliphatic heterocycles. The maximum Gasteiger partial charge on any atom is 0.417 e. The SMILES string of the molecule is COC1CC(c2[nH]c3ccnn3c(=O)c2Cc2ccc(Cl)c(C(F)(F)F)c2)C1. The van der Waals surface area contributed by atoms with Crippen molar-refractivity contribution < 1.29 is 17.9 Å². The fraction of sp³-hybridized carbons (Fsp3) is 0.368. The normalized spacial score (nSPS) is 19.8. The Hall–Kier alpha value is -2.32. The number of halogens is 4. The number of nitrogens with zero attached hydrogens (tertiary/aromatic N) is 2. The van der Waals surface area contributed by atoms with Gasteiger partial charge in [-0.15, -0.1) is 0 Å². The minimum atomic E-state index is -4.56. The smallest absolute Gasteiger partial charge is 0.381 e. The molecule has 1 saturated carbocycles. The van der Waals surface area contributed by atoms with E-state index in [0.29, 0.717) is 16.8 Å². The number of H-pyrrole nitrogens is 1. The molecule has 5 nitrogen and oxygen atoms in total. The summed E-state index contributed by atoms with van der Waals surface area (Å²) in [5.74, 6) is 0.0851. The van der Waals surface area contributed by atoms with E-state index in [-0.39, 0.29) is 29.0 Å². The van der Waals surface area contributed by atoms with Crippen LogP contribution in [0.2, 0.25) is 5.02 Å². The Morgan fingerprint density at radius 2 is 2.07 bits per heavy atom. The van der Waals surface area contributed by atoms with Gasteiger partial charge in [0.15, 0.2) is 0 Å². The lowest BCUT2D eigenvalue weighted by Gasteiger charge is -2.35. The molecular formula is C19H17ClF3N3O2. The first kappa shape index (κ1) is 19.0. The van der Waals surface area contributed by atoms with Crippen LogP contribution in [0.4, 0.5) is 13.2 Å². The summed E-state index contributed by atoms with van der Waals surface area (Å²) in [6, 6.07) is 5.40. The van der Waals surface area contributed by atoms with Gasteiger partial charge in [0.25, 0.3) is 5.56 Å². The number of aromatic amines is 1. The fourth-order valence-corrected chi connectivity index (χ4v) is 3.86. The molecule has 1 fully saturated rings. The zero-order valence-electron chi connectivity index (χ0n) is 14.9. The van der Waals surface area contributed by atoms with Gasteiger partial charge in [-0.1, -0.05) is 17.7 Å². The number of ether oxygens (including phenoxy) is 1. The predicted octanol–water partition coefficient (Wildman–Crippen LogP) is 4.18. The number of benzene rings is 1. The fourth-order valence-electron chi connectivity index (χ4n) is 3.63. The summed E-state index contributed by atoms with van der Waals surface area (Å²) in [4.78, 5) is 16.2. The van der Waals surface area contributed by atoms with Crippen molar-refractivity contribution in [3.05, 3.63) is 68.2 Å². The predicted molar refractivity (Wildman–Crippen MR) is 97.8 cm³/mol. The second-order valence-corrected chi connectivity index (χ2v) is 7.37. The Bertz CT molecular complexity index is 1080. The second-order valence-electron chi connectivity index (χ2n) is 6.97.